The van der Waals surface area contributed by atoms with Crippen LogP contribution >= 0.6 is 0 Å². The molecule has 0 spiro atoms. The average Bonchev–Trinajstić information content (AvgIpc) is 2.17. The first kappa shape index (κ1) is 9.20. The number of ether oxygens (including phenoxy) is 2. The van der Waals surface area contributed by atoms with Gasteiger partial charge in [0.2, 0.25) is 0 Å². The molecule has 0 heterocycles. The molecule has 0 fully saturated rings. The first-order valence-corrected chi connectivity index (χ1v) is 3.58. The van der Waals surface area contributed by atoms with E-state index < -0.39 is 0 Å². The van der Waals surface area contributed by atoms with E-state index in [1.807, 2.05) is 6.07 Å². The highest BCUT2D eigenvalue weighted by Gasteiger charge is 2.09. The molecule has 1 aromatic rings. The van der Waals surface area contributed by atoms with Gasteiger partial charge in [-0.05, 0) is 0 Å². The van der Waals surface area contributed by atoms with Gasteiger partial charge in [0.25, 0.3) is 0 Å². The number of aromatic hydroxyl groups is 1. The highest BCUT2D eigenvalue weighted by molar-refractivity contribution is 5.54. The SMILES string of the molecule is COc1cc(OC)c(C#N)cc1O. The number of hydrogen-bond acceptors (Lipinski definition) is 4. The van der Waals surface area contributed by atoms with Crippen LogP contribution in [0, 0.1) is 11.3 Å². The quantitative estimate of drug-likeness (QED) is 0.742. The van der Waals surface area contributed by atoms with Crippen molar-refractivity contribution in [2.24, 2.45) is 0 Å². The van der Waals surface area contributed by atoms with E-state index in [-0.39, 0.29) is 17.1 Å². The van der Waals surface area contributed by atoms with Crippen LogP contribution in [0.2, 0.25) is 0 Å². The smallest absolute Gasteiger partial charge is 0.164 e. The third-order valence-corrected chi connectivity index (χ3v) is 1.62. The van der Waals surface area contributed by atoms with Crippen LogP contribution in [0.4, 0.5) is 0 Å². The van der Waals surface area contributed by atoms with Gasteiger partial charge in [0.1, 0.15) is 11.8 Å². The fourth-order valence-corrected chi connectivity index (χ4v) is 0.969. The number of phenolic OH excluding ortho intramolecular Hbond substituents is 1. The second-order valence-corrected chi connectivity index (χ2v) is 2.34. The zero-order valence-corrected chi connectivity index (χ0v) is 7.37. The van der Waals surface area contributed by atoms with E-state index in [4.69, 9.17) is 14.7 Å². The first-order chi connectivity index (χ1) is 6.22. The van der Waals surface area contributed by atoms with Crippen molar-refractivity contribution >= 4 is 0 Å². The van der Waals surface area contributed by atoms with Gasteiger partial charge in [0.15, 0.2) is 11.5 Å². The number of rotatable bonds is 2. The van der Waals surface area contributed by atoms with Gasteiger partial charge in [0.05, 0.1) is 19.8 Å². The Balaban J connectivity index is 3.28. The Hall–Kier alpha value is -1.89. The van der Waals surface area contributed by atoms with Crippen molar-refractivity contribution in [3.63, 3.8) is 0 Å². The van der Waals surface area contributed by atoms with Crippen molar-refractivity contribution in [3.05, 3.63) is 17.7 Å². The molecule has 0 aliphatic carbocycles. The van der Waals surface area contributed by atoms with E-state index >= 15 is 0 Å². The summed E-state index contributed by atoms with van der Waals surface area (Å²) in [6.45, 7) is 0. The normalized spacial score (nSPS) is 9.00. The molecule has 0 bridgehead atoms. The van der Waals surface area contributed by atoms with Crippen molar-refractivity contribution in [3.8, 4) is 23.3 Å². The molecule has 1 aromatic carbocycles. The van der Waals surface area contributed by atoms with Crippen molar-refractivity contribution in [2.45, 2.75) is 0 Å². The summed E-state index contributed by atoms with van der Waals surface area (Å²) in [5.74, 6) is 0.604. The summed E-state index contributed by atoms with van der Waals surface area (Å²) >= 11 is 0. The number of nitrogens with zero attached hydrogens (tertiary/aromatic N) is 1. The Morgan fingerprint density at radius 3 is 2.31 bits per heavy atom. The molecular weight excluding hydrogens is 170 g/mol. The predicted molar refractivity (Wildman–Crippen MR) is 45.9 cm³/mol. The zero-order chi connectivity index (χ0) is 9.84. The summed E-state index contributed by atoms with van der Waals surface area (Å²) < 4.78 is 9.77. The lowest BCUT2D eigenvalue weighted by atomic mass is 10.2. The van der Waals surface area contributed by atoms with Gasteiger partial charge in [-0.3, -0.25) is 0 Å². The second-order valence-electron chi connectivity index (χ2n) is 2.34. The minimum atomic E-state index is -0.0696. The third kappa shape index (κ3) is 1.64. The Morgan fingerprint density at radius 2 is 1.85 bits per heavy atom. The molecule has 0 aliphatic rings. The van der Waals surface area contributed by atoms with Crippen LogP contribution in [0.25, 0.3) is 0 Å². The van der Waals surface area contributed by atoms with E-state index in [9.17, 15) is 5.11 Å². The highest BCUT2D eigenvalue weighted by atomic mass is 16.5. The van der Waals surface area contributed by atoms with Crippen LogP contribution < -0.4 is 9.47 Å². The molecule has 0 saturated carbocycles. The Bertz CT molecular complexity index is 355. The Morgan fingerprint density at radius 1 is 1.23 bits per heavy atom. The fraction of sp³-hybridized carbons (Fsp3) is 0.222. The molecule has 0 aromatic heterocycles. The van der Waals surface area contributed by atoms with E-state index in [1.165, 1.54) is 26.4 Å². The zero-order valence-electron chi connectivity index (χ0n) is 7.37. The molecule has 0 atom stereocenters. The molecular formula is C9H9NO3. The van der Waals surface area contributed by atoms with Gasteiger partial charge >= 0.3 is 0 Å². The van der Waals surface area contributed by atoms with E-state index in [2.05, 4.69) is 0 Å². The lowest BCUT2D eigenvalue weighted by molar-refractivity contribution is 0.364. The van der Waals surface area contributed by atoms with E-state index in [0.29, 0.717) is 5.75 Å². The van der Waals surface area contributed by atoms with Crippen molar-refractivity contribution in [1.82, 2.24) is 0 Å². The standard InChI is InChI=1S/C9H9NO3/c1-12-8-4-9(13-2)7(11)3-6(8)5-10/h3-4,11H,1-2H3. The van der Waals surface area contributed by atoms with Gasteiger partial charge in [-0.25, -0.2) is 0 Å². The van der Waals surface area contributed by atoms with Gasteiger partial charge in [-0.1, -0.05) is 0 Å². The minimum absolute atomic E-state index is 0.0696. The summed E-state index contributed by atoms with van der Waals surface area (Å²) in [6.07, 6.45) is 0. The van der Waals surface area contributed by atoms with Gasteiger partial charge in [-0.15, -0.1) is 0 Å². The topological polar surface area (TPSA) is 62.5 Å². The Kier molecular flexibility index (Phi) is 2.60. The predicted octanol–water partition coefficient (Wildman–Crippen LogP) is 1.28. The Labute approximate surface area is 75.9 Å². The lowest BCUT2D eigenvalue weighted by Gasteiger charge is -2.07. The van der Waals surface area contributed by atoms with Crippen LogP contribution in [0.1, 0.15) is 5.56 Å². The van der Waals surface area contributed by atoms with Crippen LogP contribution in [0.5, 0.6) is 17.2 Å². The molecule has 68 valence electrons. The molecule has 1 N–H and O–H groups in total. The lowest BCUT2D eigenvalue weighted by Crippen LogP contribution is -1.90. The van der Waals surface area contributed by atoms with Crippen molar-refractivity contribution in [2.75, 3.05) is 14.2 Å². The number of nitriles is 1. The van der Waals surface area contributed by atoms with E-state index in [1.54, 1.807) is 0 Å². The summed E-state index contributed by atoms with van der Waals surface area (Å²) in [5, 5.41) is 18.0. The molecule has 4 nitrogen and oxygen atoms in total. The molecule has 0 saturated heterocycles. The summed E-state index contributed by atoms with van der Waals surface area (Å²) in [7, 11) is 2.88. The summed E-state index contributed by atoms with van der Waals surface area (Å²) in [5.41, 5.74) is 0.279. The van der Waals surface area contributed by atoms with Crippen LogP contribution in [0.15, 0.2) is 12.1 Å². The number of phenols is 1. The van der Waals surface area contributed by atoms with Gasteiger partial charge in [-0.2, -0.15) is 5.26 Å². The average molecular weight is 179 g/mol. The maximum Gasteiger partial charge on any atom is 0.164 e. The maximum absolute atomic E-state index is 9.31. The molecule has 0 radical (unpaired) electrons. The molecule has 1 rings (SSSR count). The number of hydrogen-bond donors (Lipinski definition) is 1. The van der Waals surface area contributed by atoms with Gasteiger partial charge < -0.3 is 14.6 Å². The van der Waals surface area contributed by atoms with Gasteiger partial charge in [0, 0.05) is 12.1 Å². The largest absolute Gasteiger partial charge is 0.504 e. The monoisotopic (exact) mass is 179 g/mol. The van der Waals surface area contributed by atoms with Crippen molar-refractivity contribution in [1.29, 1.82) is 5.26 Å². The summed E-state index contributed by atoms with van der Waals surface area (Å²) in [6, 6.07) is 4.67. The van der Waals surface area contributed by atoms with Crippen molar-refractivity contribution < 1.29 is 14.6 Å². The number of benzene rings is 1. The van der Waals surface area contributed by atoms with E-state index in [0.717, 1.165) is 0 Å². The highest BCUT2D eigenvalue weighted by Crippen LogP contribution is 2.32. The first-order valence-electron chi connectivity index (χ1n) is 3.58. The second kappa shape index (κ2) is 3.68. The third-order valence-electron chi connectivity index (χ3n) is 1.62. The van der Waals surface area contributed by atoms with Crippen LogP contribution in [-0.4, -0.2) is 19.3 Å². The molecule has 4 heteroatoms. The molecule has 0 amide bonds. The molecule has 0 aliphatic heterocycles. The summed E-state index contributed by atoms with van der Waals surface area (Å²) in [4.78, 5) is 0. The number of methoxy groups -OCH3 is 2. The molecule has 0 unspecified atom stereocenters. The van der Waals surface area contributed by atoms with Crippen LogP contribution in [0.3, 0.4) is 0 Å². The maximum atomic E-state index is 9.31. The molecule has 13 heavy (non-hydrogen) atoms. The minimum Gasteiger partial charge on any atom is -0.504 e. The van der Waals surface area contributed by atoms with Crippen LogP contribution in [-0.2, 0) is 0 Å². The fourth-order valence-electron chi connectivity index (χ4n) is 0.969.